The number of carbonyl (C=O) groups excluding carboxylic acids is 2. The second kappa shape index (κ2) is 12.5. The first-order valence-corrected chi connectivity index (χ1v) is 14.0. The molecule has 3 aliphatic rings. The normalized spacial score (nSPS) is 24.7. The largest absolute Gasteiger partial charge is 0.381 e. The summed E-state index contributed by atoms with van der Waals surface area (Å²) < 4.78 is 5.60. The van der Waals surface area contributed by atoms with Gasteiger partial charge in [-0.3, -0.25) is 9.59 Å². The summed E-state index contributed by atoms with van der Waals surface area (Å²) in [6, 6.07) is 5.26. The zero-order chi connectivity index (χ0) is 27.4. The summed E-state index contributed by atoms with van der Waals surface area (Å²) in [5, 5.41) is 6.79. The lowest BCUT2D eigenvalue weighted by Gasteiger charge is -2.36. The Balaban J connectivity index is 1.57. The number of ether oxygens (including phenoxy) is 1. The fourth-order valence-electron chi connectivity index (χ4n) is 6.07. The summed E-state index contributed by atoms with van der Waals surface area (Å²) in [5.74, 6) is -0.377. The number of likely N-dealkylation sites (N-methyl/N-ethyl adjacent to an activating group) is 1. The molecular formula is C30H45N5O3. The minimum atomic E-state index is -0.410. The van der Waals surface area contributed by atoms with Crippen molar-refractivity contribution in [1.82, 2.24) is 15.5 Å². The number of dihydropyridines is 1. The van der Waals surface area contributed by atoms with Gasteiger partial charge in [0.1, 0.15) is 0 Å². The average molecular weight is 524 g/mol. The van der Waals surface area contributed by atoms with Crippen molar-refractivity contribution in [2.75, 3.05) is 58.9 Å². The van der Waals surface area contributed by atoms with Gasteiger partial charge in [0.25, 0.3) is 11.8 Å². The van der Waals surface area contributed by atoms with E-state index >= 15 is 0 Å². The number of carbonyl (C=O) groups is 2. The van der Waals surface area contributed by atoms with Crippen molar-refractivity contribution in [1.29, 1.82) is 0 Å². The first-order valence-electron chi connectivity index (χ1n) is 14.0. The fourth-order valence-corrected chi connectivity index (χ4v) is 6.07. The maximum absolute atomic E-state index is 13.6. The van der Waals surface area contributed by atoms with Gasteiger partial charge in [-0.2, -0.15) is 0 Å². The third kappa shape index (κ3) is 6.71. The van der Waals surface area contributed by atoms with Crippen molar-refractivity contribution in [2.24, 2.45) is 10.9 Å². The average Bonchev–Trinajstić information content (AvgIpc) is 2.88. The van der Waals surface area contributed by atoms with Crippen molar-refractivity contribution in [3.05, 3.63) is 40.5 Å². The first-order chi connectivity index (χ1) is 18.1. The number of allylic oxidation sites excluding steroid dienone is 1. The number of nitrogens with zero attached hydrogens (tertiary/aromatic N) is 3. The maximum Gasteiger partial charge on any atom is 0.254 e. The summed E-state index contributed by atoms with van der Waals surface area (Å²) in [6.07, 6.45) is 6.08. The monoisotopic (exact) mass is 523 g/mol. The van der Waals surface area contributed by atoms with Gasteiger partial charge in [0, 0.05) is 68.9 Å². The van der Waals surface area contributed by atoms with E-state index < -0.39 is 5.92 Å². The quantitative estimate of drug-likeness (QED) is 0.544. The van der Waals surface area contributed by atoms with Gasteiger partial charge in [-0.25, -0.2) is 4.99 Å². The number of aliphatic imine (C=N–C) groups is 1. The maximum atomic E-state index is 13.6. The van der Waals surface area contributed by atoms with Gasteiger partial charge in [-0.1, -0.05) is 5.57 Å². The predicted molar refractivity (Wildman–Crippen MR) is 153 cm³/mol. The highest BCUT2D eigenvalue weighted by molar-refractivity contribution is 6.06. The topological polar surface area (TPSA) is 86.3 Å². The van der Waals surface area contributed by atoms with Crippen LogP contribution >= 0.6 is 0 Å². The zero-order valence-corrected chi connectivity index (χ0v) is 24.0. The first kappa shape index (κ1) is 28.5. The smallest absolute Gasteiger partial charge is 0.254 e. The molecule has 8 heteroatoms. The molecule has 2 amide bonds. The Kier molecular flexibility index (Phi) is 9.39. The molecule has 0 saturated carbocycles. The third-order valence-corrected chi connectivity index (χ3v) is 8.38. The van der Waals surface area contributed by atoms with E-state index in [1.165, 1.54) is 5.56 Å². The van der Waals surface area contributed by atoms with Crippen LogP contribution in [0.5, 0.6) is 0 Å². The minimum absolute atomic E-state index is 0.132. The molecule has 1 aromatic carbocycles. The molecule has 2 fully saturated rings. The molecule has 3 aliphatic heterocycles. The number of hydrogen-bond donors (Lipinski definition) is 2. The van der Waals surface area contributed by atoms with E-state index in [4.69, 9.17) is 4.74 Å². The molecule has 1 aromatic rings. The molecule has 3 unspecified atom stereocenters. The number of benzene rings is 1. The Morgan fingerprint density at radius 2 is 1.84 bits per heavy atom. The van der Waals surface area contributed by atoms with Crippen molar-refractivity contribution >= 4 is 23.2 Å². The Labute approximate surface area is 227 Å². The molecule has 0 bridgehead atoms. The minimum Gasteiger partial charge on any atom is -0.381 e. The van der Waals surface area contributed by atoms with Crippen LogP contribution in [0, 0.1) is 12.8 Å². The van der Waals surface area contributed by atoms with Crippen LogP contribution in [0.25, 0.3) is 0 Å². The molecule has 0 radical (unpaired) electrons. The molecule has 8 nitrogen and oxygen atoms in total. The predicted octanol–water partition coefficient (Wildman–Crippen LogP) is 3.30. The molecule has 4 rings (SSSR count). The Morgan fingerprint density at radius 1 is 1.11 bits per heavy atom. The van der Waals surface area contributed by atoms with Gasteiger partial charge in [0.15, 0.2) is 0 Å². The van der Waals surface area contributed by atoms with Crippen molar-refractivity contribution in [3.63, 3.8) is 0 Å². The fraction of sp³-hybridized carbons (Fsp3) is 0.633. The molecule has 0 spiro atoms. The number of anilines is 1. The Hall–Kier alpha value is -2.55. The lowest BCUT2D eigenvalue weighted by atomic mass is 9.86. The SMILES string of the molecule is CC1=CC(C)=NC(=O)C1CNC(=O)c1cc(C2CCC(CN(C)C)NC2)cc(N(C)C2CCOCC2)c1C. The zero-order valence-electron chi connectivity index (χ0n) is 24.0. The van der Waals surface area contributed by atoms with Crippen molar-refractivity contribution in [2.45, 2.75) is 64.5 Å². The standard InChI is InChI=1S/C30H45N5O3/c1-19-13-20(2)33-30(37)27(19)17-32-29(36)26-14-23(22-7-8-24(31-16-22)18-34(4)5)15-28(21(26)3)35(6)25-9-11-38-12-10-25/h13-15,22,24-25,27,31H,7-12,16-18H2,1-6H3,(H,32,36). The van der Waals surface area contributed by atoms with E-state index in [2.05, 4.69) is 58.7 Å². The van der Waals surface area contributed by atoms with Crippen LogP contribution < -0.4 is 15.5 Å². The number of hydrogen-bond acceptors (Lipinski definition) is 6. The molecule has 0 aromatic heterocycles. The number of amides is 2. The summed E-state index contributed by atoms with van der Waals surface area (Å²) in [4.78, 5) is 34.8. The molecular weight excluding hydrogens is 478 g/mol. The van der Waals surface area contributed by atoms with Crippen LogP contribution in [0.4, 0.5) is 5.69 Å². The third-order valence-electron chi connectivity index (χ3n) is 8.38. The van der Waals surface area contributed by atoms with E-state index in [1.807, 2.05) is 26.8 Å². The Bertz CT molecular complexity index is 1080. The number of rotatable bonds is 8. The molecule has 2 saturated heterocycles. The molecule has 2 N–H and O–H groups in total. The molecule has 38 heavy (non-hydrogen) atoms. The number of piperidine rings is 1. The summed E-state index contributed by atoms with van der Waals surface area (Å²) in [5.41, 5.74) is 5.64. The van der Waals surface area contributed by atoms with Crippen LogP contribution in [-0.4, -0.2) is 88.5 Å². The highest BCUT2D eigenvalue weighted by atomic mass is 16.5. The van der Waals surface area contributed by atoms with Crippen LogP contribution in [0.3, 0.4) is 0 Å². The van der Waals surface area contributed by atoms with Crippen LogP contribution in [0.1, 0.15) is 66.9 Å². The Morgan fingerprint density at radius 3 is 2.47 bits per heavy atom. The second-order valence-corrected chi connectivity index (χ2v) is 11.6. The second-order valence-electron chi connectivity index (χ2n) is 11.6. The summed E-state index contributed by atoms with van der Waals surface area (Å²) >= 11 is 0. The molecule has 3 heterocycles. The van der Waals surface area contributed by atoms with Gasteiger partial charge in [0.05, 0.1) is 5.92 Å². The van der Waals surface area contributed by atoms with Crippen LogP contribution in [-0.2, 0) is 9.53 Å². The van der Waals surface area contributed by atoms with E-state index in [-0.39, 0.29) is 18.4 Å². The van der Waals surface area contributed by atoms with Crippen LogP contribution in [0.15, 0.2) is 28.8 Å². The summed E-state index contributed by atoms with van der Waals surface area (Å²) in [7, 11) is 6.37. The van der Waals surface area contributed by atoms with Crippen LogP contribution in [0.2, 0.25) is 0 Å². The lowest BCUT2D eigenvalue weighted by Crippen LogP contribution is -2.44. The van der Waals surface area contributed by atoms with E-state index in [1.54, 1.807) is 0 Å². The van der Waals surface area contributed by atoms with E-state index in [9.17, 15) is 9.59 Å². The van der Waals surface area contributed by atoms with Crippen molar-refractivity contribution in [3.8, 4) is 0 Å². The highest BCUT2D eigenvalue weighted by Crippen LogP contribution is 2.34. The van der Waals surface area contributed by atoms with Gasteiger partial charge in [0.2, 0.25) is 0 Å². The molecule has 3 atom stereocenters. The van der Waals surface area contributed by atoms with Gasteiger partial charge in [-0.15, -0.1) is 0 Å². The van der Waals surface area contributed by atoms with E-state index in [0.717, 1.165) is 68.8 Å². The van der Waals surface area contributed by atoms with Crippen molar-refractivity contribution < 1.29 is 14.3 Å². The van der Waals surface area contributed by atoms with Gasteiger partial charge in [-0.05, 0) is 95.8 Å². The lowest BCUT2D eigenvalue weighted by molar-refractivity contribution is -0.120. The number of nitrogens with one attached hydrogen (secondary N) is 2. The summed E-state index contributed by atoms with van der Waals surface area (Å²) in [6.45, 7) is 9.52. The van der Waals surface area contributed by atoms with Gasteiger partial charge < -0.3 is 25.2 Å². The molecule has 0 aliphatic carbocycles. The van der Waals surface area contributed by atoms with Gasteiger partial charge >= 0.3 is 0 Å². The van der Waals surface area contributed by atoms with E-state index in [0.29, 0.717) is 29.3 Å². The highest BCUT2D eigenvalue weighted by Gasteiger charge is 2.28. The molecule has 208 valence electrons.